The van der Waals surface area contributed by atoms with Crippen LogP contribution in [0.1, 0.15) is 2.85 Å². The molecule has 0 atom stereocenters. The molecule has 0 aromatic rings. The van der Waals surface area contributed by atoms with Crippen molar-refractivity contribution in [2.45, 2.75) is 0 Å². The molecule has 0 heterocycles. The zero-order chi connectivity index (χ0) is 0. The second-order valence-electron chi connectivity index (χ2n) is 0. The Kier molecular flexibility index (Phi) is 189. The molecule has 4 heteroatoms. The molecule has 0 bridgehead atoms. The zero-order valence-corrected chi connectivity index (χ0v) is 8.06. The van der Waals surface area contributed by atoms with Gasteiger partial charge in [0.25, 0.3) is 0 Å². The van der Waals surface area contributed by atoms with Gasteiger partial charge in [0.05, 0.1) is 0 Å². The Hall–Kier alpha value is 1.99. The number of hydrogen-bond donors (Lipinski definition) is 0. The number of hydrogen-bond acceptors (Lipinski definition) is 0. The van der Waals surface area contributed by atoms with Crippen LogP contribution < -0.4 is 0 Å². The SMILES string of the molecule is [B].[Cr].[H-].[H-].[Mg+2].[Zn]. The summed E-state index contributed by atoms with van der Waals surface area (Å²) in [6, 6.07) is 0. The summed E-state index contributed by atoms with van der Waals surface area (Å²) in [6.45, 7) is 0. The molecule has 0 aromatic carbocycles. The molecule has 0 N–H and O–H groups in total. The van der Waals surface area contributed by atoms with E-state index >= 15 is 0 Å². The molecule has 0 aliphatic carbocycles. The van der Waals surface area contributed by atoms with Crippen molar-refractivity contribution in [2.24, 2.45) is 0 Å². The zero-order valence-electron chi connectivity index (χ0n) is 4.40. The second kappa shape index (κ2) is 20.1. The predicted molar refractivity (Wildman–Crippen MR) is 13.7 cm³/mol. The average molecular weight is 155 g/mol. The fraction of sp³-hybridized carbons (Fsp3) is 0. The van der Waals surface area contributed by atoms with Gasteiger partial charge >= 0.3 is 23.1 Å². The van der Waals surface area contributed by atoms with Crippen molar-refractivity contribution in [2.75, 3.05) is 0 Å². The maximum Gasteiger partial charge on any atom is 2.00 e. The van der Waals surface area contributed by atoms with Gasteiger partial charge in [0.2, 0.25) is 0 Å². The van der Waals surface area contributed by atoms with Crippen LogP contribution in [0.3, 0.4) is 0 Å². The van der Waals surface area contributed by atoms with Crippen LogP contribution in [0.4, 0.5) is 0 Å². The standard InChI is InChI=1S/B.Cr.Mg.Zn.2H/q;;+2;;2*-1. The normalized spacial score (nSPS) is 0. The summed E-state index contributed by atoms with van der Waals surface area (Å²) in [7, 11) is 0. The molecular weight excluding hydrogens is 153 g/mol. The van der Waals surface area contributed by atoms with Crippen molar-refractivity contribution in [3.05, 3.63) is 0 Å². The summed E-state index contributed by atoms with van der Waals surface area (Å²) < 4.78 is 0. The van der Waals surface area contributed by atoms with Crippen LogP contribution in [0.25, 0.3) is 0 Å². The molecule has 0 saturated carbocycles. The van der Waals surface area contributed by atoms with Crippen LogP contribution >= 0.6 is 0 Å². The summed E-state index contributed by atoms with van der Waals surface area (Å²) in [5.41, 5.74) is 0. The Morgan fingerprint density at radius 2 is 1.25 bits per heavy atom. The molecule has 0 fully saturated rings. The maximum absolute atomic E-state index is 0. The van der Waals surface area contributed by atoms with E-state index in [2.05, 4.69) is 0 Å². The summed E-state index contributed by atoms with van der Waals surface area (Å²) in [5.74, 6) is 0. The van der Waals surface area contributed by atoms with E-state index < -0.39 is 0 Å². The van der Waals surface area contributed by atoms with E-state index in [0.717, 1.165) is 0 Å². The Labute approximate surface area is 70.7 Å². The van der Waals surface area contributed by atoms with Crippen LogP contribution in [-0.4, -0.2) is 31.5 Å². The smallest absolute Gasteiger partial charge is 1.00 e. The fourth-order valence-electron chi connectivity index (χ4n) is 0. The van der Waals surface area contributed by atoms with Crippen molar-refractivity contribution in [1.82, 2.24) is 0 Å². The molecule has 4 heavy (non-hydrogen) atoms. The quantitative estimate of drug-likeness (QED) is 0.411. The molecule has 0 nitrogen and oxygen atoms in total. The molecule has 3 radical (unpaired) electrons. The third kappa shape index (κ3) is 9.01. The average Bonchev–Trinajstić information content (AvgIpc) is 0. The van der Waals surface area contributed by atoms with E-state index in [1.807, 2.05) is 0 Å². The molecule has 0 rings (SSSR count). The van der Waals surface area contributed by atoms with Gasteiger partial charge in [0.1, 0.15) is 0 Å². The van der Waals surface area contributed by atoms with Gasteiger partial charge in [-0.2, -0.15) is 0 Å². The monoisotopic (exact) mass is 153 g/mol. The van der Waals surface area contributed by atoms with Gasteiger partial charge in [-0.25, -0.2) is 0 Å². The van der Waals surface area contributed by atoms with E-state index in [1.54, 1.807) is 0 Å². The Morgan fingerprint density at radius 1 is 1.25 bits per heavy atom. The first-order valence-corrected chi connectivity index (χ1v) is 0. The van der Waals surface area contributed by atoms with Crippen molar-refractivity contribution in [3.8, 4) is 0 Å². The first-order valence-electron chi connectivity index (χ1n) is 0. The third-order valence-electron chi connectivity index (χ3n) is 0. The summed E-state index contributed by atoms with van der Waals surface area (Å²) in [4.78, 5) is 0. The van der Waals surface area contributed by atoms with Gasteiger partial charge in [0.15, 0.2) is 0 Å². The molecule has 15 valence electrons. The summed E-state index contributed by atoms with van der Waals surface area (Å²) in [5, 5.41) is 0. The van der Waals surface area contributed by atoms with Gasteiger partial charge < -0.3 is 2.85 Å². The van der Waals surface area contributed by atoms with Gasteiger partial charge in [-0.3, -0.25) is 0 Å². The molecule has 0 aromatic heterocycles. The first kappa shape index (κ1) is 37.7. The van der Waals surface area contributed by atoms with Gasteiger partial charge in [0, 0.05) is 45.3 Å². The fourth-order valence-corrected chi connectivity index (χ4v) is 0. The minimum Gasteiger partial charge on any atom is -1.00 e. The molecule has 0 unspecified atom stereocenters. The summed E-state index contributed by atoms with van der Waals surface area (Å²) >= 11 is 0. The third-order valence-corrected chi connectivity index (χ3v) is 0. The second-order valence-corrected chi connectivity index (χ2v) is 0. The Bertz CT molecular complexity index is 13.5. The Morgan fingerprint density at radius 3 is 1.25 bits per heavy atom. The van der Waals surface area contributed by atoms with E-state index in [1.165, 1.54) is 0 Å². The van der Waals surface area contributed by atoms with Crippen molar-refractivity contribution >= 4 is 31.5 Å². The molecule has 0 saturated heterocycles. The topological polar surface area (TPSA) is 0 Å². The van der Waals surface area contributed by atoms with Gasteiger partial charge in [-0.05, 0) is 0 Å². The van der Waals surface area contributed by atoms with E-state index in [9.17, 15) is 0 Å². The first-order chi connectivity index (χ1) is 0. The van der Waals surface area contributed by atoms with E-state index in [-0.39, 0.29) is 71.2 Å². The van der Waals surface area contributed by atoms with Crippen molar-refractivity contribution in [3.63, 3.8) is 0 Å². The molecule has 0 aliphatic heterocycles. The van der Waals surface area contributed by atoms with Gasteiger partial charge in [-0.15, -0.1) is 0 Å². The van der Waals surface area contributed by atoms with Crippen LogP contribution in [-0.2, 0) is 36.8 Å². The summed E-state index contributed by atoms with van der Waals surface area (Å²) in [6.07, 6.45) is 0. The minimum absolute atomic E-state index is 0. The molecule has 0 aliphatic rings. The van der Waals surface area contributed by atoms with Crippen molar-refractivity contribution in [1.29, 1.82) is 0 Å². The van der Waals surface area contributed by atoms with Gasteiger partial charge in [-0.1, -0.05) is 0 Å². The predicted octanol–water partition coefficient (Wildman–Crippen LogP) is -0.542. The van der Waals surface area contributed by atoms with Crippen LogP contribution in [0, 0.1) is 0 Å². The van der Waals surface area contributed by atoms with Crippen LogP contribution in [0.5, 0.6) is 0 Å². The van der Waals surface area contributed by atoms with E-state index in [4.69, 9.17) is 0 Å². The van der Waals surface area contributed by atoms with E-state index in [0.29, 0.717) is 0 Å². The maximum atomic E-state index is 0. The minimum atomic E-state index is 0. The molecule has 0 amide bonds. The van der Waals surface area contributed by atoms with Crippen molar-refractivity contribution < 1.29 is 39.7 Å². The Balaban J connectivity index is 0. The largest absolute Gasteiger partial charge is 2.00 e. The molecular formula is H2BCrMgZn. The molecule has 0 spiro atoms. The number of rotatable bonds is 0. The van der Waals surface area contributed by atoms with Crippen LogP contribution in [0.2, 0.25) is 0 Å². The van der Waals surface area contributed by atoms with Crippen LogP contribution in [0.15, 0.2) is 0 Å².